The number of nitrogens with zero attached hydrogens (tertiary/aromatic N) is 2. The Morgan fingerprint density at radius 1 is 1.45 bits per heavy atom. The van der Waals surface area contributed by atoms with Crippen molar-refractivity contribution >= 4 is 23.3 Å². The zero-order valence-electron chi connectivity index (χ0n) is 11.0. The molecule has 2 heterocycles. The number of ether oxygens (including phenoxy) is 1. The number of fused-ring (bicyclic) bond motifs is 1. The summed E-state index contributed by atoms with van der Waals surface area (Å²) < 4.78 is 35.0. The molecule has 1 N–H and O–H groups in total. The standard InChI is InChI=1S/C13H15F2N3OS/c1-17-4-5-19-8(6-17)7-18-12-10(16-13(18)20)3-2-9(14)11(12)15/h2-3,8H,4-7H2,1H3,(H,16,20). The molecule has 3 rings (SSSR count). The maximum absolute atomic E-state index is 14.0. The quantitative estimate of drug-likeness (QED) is 0.864. The molecule has 1 aromatic heterocycles. The van der Waals surface area contributed by atoms with Gasteiger partial charge in [0.2, 0.25) is 0 Å². The van der Waals surface area contributed by atoms with Crippen molar-refractivity contribution in [1.29, 1.82) is 0 Å². The van der Waals surface area contributed by atoms with Crippen LogP contribution in [0.1, 0.15) is 0 Å². The molecule has 1 aliphatic heterocycles. The molecule has 0 saturated carbocycles. The fourth-order valence-corrected chi connectivity index (χ4v) is 2.82. The zero-order chi connectivity index (χ0) is 14.3. The number of hydrogen-bond acceptors (Lipinski definition) is 3. The minimum absolute atomic E-state index is 0.0814. The topological polar surface area (TPSA) is 33.2 Å². The molecule has 0 aliphatic carbocycles. The predicted molar refractivity (Wildman–Crippen MR) is 74.3 cm³/mol. The van der Waals surface area contributed by atoms with Crippen LogP contribution >= 0.6 is 12.2 Å². The number of aromatic nitrogens is 2. The van der Waals surface area contributed by atoms with Gasteiger partial charge in [-0.3, -0.25) is 0 Å². The summed E-state index contributed by atoms with van der Waals surface area (Å²) in [5.74, 6) is -1.75. The van der Waals surface area contributed by atoms with Crippen LogP contribution in [0.4, 0.5) is 8.78 Å². The Balaban J connectivity index is 2.00. The first-order chi connectivity index (χ1) is 9.56. The summed E-state index contributed by atoms with van der Waals surface area (Å²) >= 11 is 5.20. The van der Waals surface area contributed by atoms with Crippen LogP contribution in [0.15, 0.2) is 12.1 Å². The van der Waals surface area contributed by atoms with E-state index in [1.807, 2.05) is 7.05 Å². The molecule has 20 heavy (non-hydrogen) atoms. The normalized spacial score (nSPS) is 20.6. The molecule has 1 aromatic carbocycles. The van der Waals surface area contributed by atoms with Crippen molar-refractivity contribution in [1.82, 2.24) is 14.5 Å². The van der Waals surface area contributed by atoms with Gasteiger partial charge in [-0.1, -0.05) is 0 Å². The Morgan fingerprint density at radius 2 is 2.25 bits per heavy atom. The Morgan fingerprint density at radius 3 is 3.00 bits per heavy atom. The summed E-state index contributed by atoms with van der Waals surface area (Å²) in [6.07, 6.45) is -0.0814. The van der Waals surface area contributed by atoms with Crippen molar-refractivity contribution in [2.24, 2.45) is 0 Å². The van der Waals surface area contributed by atoms with Crippen molar-refractivity contribution < 1.29 is 13.5 Å². The van der Waals surface area contributed by atoms with Crippen molar-refractivity contribution in [3.05, 3.63) is 28.5 Å². The van der Waals surface area contributed by atoms with Gasteiger partial charge in [-0.25, -0.2) is 8.78 Å². The van der Waals surface area contributed by atoms with Gasteiger partial charge in [-0.05, 0) is 31.4 Å². The Bertz CT molecular complexity index is 697. The van der Waals surface area contributed by atoms with Crippen molar-refractivity contribution in [3.63, 3.8) is 0 Å². The van der Waals surface area contributed by atoms with E-state index >= 15 is 0 Å². The first-order valence-corrected chi connectivity index (χ1v) is 6.84. The lowest BCUT2D eigenvalue weighted by atomic mass is 10.2. The number of halogens is 2. The second-order valence-corrected chi connectivity index (χ2v) is 5.44. The van der Waals surface area contributed by atoms with Crippen molar-refractivity contribution in [2.45, 2.75) is 12.6 Å². The van der Waals surface area contributed by atoms with Crippen LogP contribution < -0.4 is 0 Å². The monoisotopic (exact) mass is 299 g/mol. The summed E-state index contributed by atoms with van der Waals surface area (Å²) in [6.45, 7) is 2.65. The van der Waals surface area contributed by atoms with E-state index in [1.54, 1.807) is 4.57 Å². The fraction of sp³-hybridized carbons (Fsp3) is 0.462. The Labute approximate surface area is 119 Å². The van der Waals surface area contributed by atoms with E-state index in [9.17, 15) is 8.78 Å². The van der Waals surface area contributed by atoms with E-state index in [1.165, 1.54) is 6.07 Å². The van der Waals surface area contributed by atoms with Crippen LogP contribution in [-0.4, -0.2) is 47.3 Å². The van der Waals surface area contributed by atoms with Gasteiger partial charge in [0.15, 0.2) is 16.4 Å². The van der Waals surface area contributed by atoms with Gasteiger partial charge in [-0.15, -0.1) is 0 Å². The lowest BCUT2D eigenvalue weighted by Crippen LogP contribution is -2.42. The third-order valence-electron chi connectivity index (χ3n) is 3.55. The molecule has 108 valence electrons. The molecule has 1 unspecified atom stereocenters. The number of aromatic amines is 1. The number of H-pyrrole nitrogens is 1. The summed E-state index contributed by atoms with van der Waals surface area (Å²) in [6, 6.07) is 2.59. The number of likely N-dealkylation sites (N-methyl/N-ethyl adjacent to an activating group) is 1. The van der Waals surface area contributed by atoms with E-state index in [-0.39, 0.29) is 11.6 Å². The second kappa shape index (κ2) is 5.23. The molecule has 7 heteroatoms. The van der Waals surface area contributed by atoms with Crippen LogP contribution in [-0.2, 0) is 11.3 Å². The lowest BCUT2D eigenvalue weighted by molar-refractivity contribution is -0.0271. The van der Waals surface area contributed by atoms with Crippen LogP contribution in [0, 0.1) is 16.4 Å². The van der Waals surface area contributed by atoms with Crippen molar-refractivity contribution in [2.75, 3.05) is 26.7 Å². The third kappa shape index (κ3) is 2.36. The Kier molecular flexibility index (Phi) is 3.57. The molecule has 0 bridgehead atoms. The van der Waals surface area contributed by atoms with Crippen LogP contribution in [0.3, 0.4) is 0 Å². The second-order valence-electron chi connectivity index (χ2n) is 5.05. The Hall–Kier alpha value is -1.31. The van der Waals surface area contributed by atoms with Gasteiger partial charge >= 0.3 is 0 Å². The maximum atomic E-state index is 14.0. The minimum atomic E-state index is -0.876. The maximum Gasteiger partial charge on any atom is 0.184 e. The number of nitrogens with one attached hydrogen (secondary N) is 1. The van der Waals surface area contributed by atoms with Gasteiger partial charge < -0.3 is 19.2 Å². The molecule has 1 fully saturated rings. The molecule has 0 amide bonds. The molecule has 0 radical (unpaired) electrons. The number of imidazole rings is 1. The molecular formula is C13H15F2N3OS. The highest BCUT2D eigenvalue weighted by Gasteiger charge is 2.21. The van der Waals surface area contributed by atoms with Crippen LogP contribution in [0.25, 0.3) is 11.0 Å². The van der Waals surface area contributed by atoms with E-state index in [0.29, 0.717) is 23.4 Å². The summed E-state index contributed by atoms with van der Waals surface area (Å²) in [5, 5.41) is 0. The van der Waals surface area contributed by atoms with Crippen LogP contribution in [0.5, 0.6) is 0 Å². The summed E-state index contributed by atoms with van der Waals surface area (Å²) in [5.41, 5.74) is 0.671. The highest BCUT2D eigenvalue weighted by molar-refractivity contribution is 7.71. The molecule has 0 spiro atoms. The zero-order valence-corrected chi connectivity index (χ0v) is 11.8. The first kappa shape index (κ1) is 13.7. The average molecular weight is 299 g/mol. The molecule has 2 aromatic rings. The number of benzene rings is 1. The van der Waals surface area contributed by atoms with Gasteiger partial charge in [0.25, 0.3) is 0 Å². The number of rotatable bonds is 2. The summed E-state index contributed by atoms with van der Waals surface area (Å²) in [7, 11) is 2.00. The highest BCUT2D eigenvalue weighted by Crippen LogP contribution is 2.21. The number of morpholine rings is 1. The minimum Gasteiger partial charge on any atom is -0.374 e. The molecule has 1 saturated heterocycles. The van der Waals surface area contributed by atoms with E-state index in [4.69, 9.17) is 17.0 Å². The smallest absolute Gasteiger partial charge is 0.184 e. The summed E-state index contributed by atoms with van der Waals surface area (Å²) in [4.78, 5) is 5.04. The predicted octanol–water partition coefficient (Wildman–Crippen LogP) is 2.31. The molecule has 1 aliphatic rings. The van der Waals surface area contributed by atoms with E-state index in [2.05, 4.69) is 9.88 Å². The van der Waals surface area contributed by atoms with Gasteiger partial charge in [-0.2, -0.15) is 0 Å². The fourth-order valence-electron chi connectivity index (χ4n) is 2.54. The van der Waals surface area contributed by atoms with E-state index in [0.717, 1.165) is 19.2 Å². The molecular weight excluding hydrogens is 284 g/mol. The van der Waals surface area contributed by atoms with Gasteiger partial charge in [0, 0.05) is 13.1 Å². The number of hydrogen-bond donors (Lipinski definition) is 1. The largest absolute Gasteiger partial charge is 0.374 e. The van der Waals surface area contributed by atoms with E-state index < -0.39 is 11.6 Å². The molecule has 4 nitrogen and oxygen atoms in total. The van der Waals surface area contributed by atoms with Gasteiger partial charge in [0.1, 0.15) is 5.52 Å². The van der Waals surface area contributed by atoms with Crippen LogP contribution in [0.2, 0.25) is 0 Å². The van der Waals surface area contributed by atoms with Gasteiger partial charge in [0.05, 0.1) is 24.8 Å². The lowest BCUT2D eigenvalue weighted by Gasteiger charge is -2.30. The first-order valence-electron chi connectivity index (χ1n) is 6.43. The molecule has 1 atom stereocenters. The third-order valence-corrected chi connectivity index (χ3v) is 3.88. The SMILES string of the molecule is CN1CCOC(Cn2c(=S)[nH]c3ccc(F)c(F)c32)C1. The average Bonchev–Trinajstić information content (AvgIpc) is 2.72. The highest BCUT2D eigenvalue weighted by atomic mass is 32.1. The van der Waals surface area contributed by atoms with Crippen molar-refractivity contribution in [3.8, 4) is 0 Å².